The molecule has 0 amide bonds. The Kier molecular flexibility index (Phi) is 3.12. The smallest absolute Gasteiger partial charge is 0.339 e. The lowest BCUT2D eigenvalue weighted by Gasteiger charge is -2.09. The van der Waals surface area contributed by atoms with Crippen molar-refractivity contribution in [2.75, 3.05) is 0 Å². The van der Waals surface area contributed by atoms with E-state index in [4.69, 9.17) is 0 Å². The lowest BCUT2D eigenvalue weighted by molar-refractivity contribution is 0.0698. The molecule has 0 bridgehead atoms. The summed E-state index contributed by atoms with van der Waals surface area (Å²) in [7, 11) is 0. The van der Waals surface area contributed by atoms with Crippen LogP contribution in [0.25, 0.3) is 16.3 Å². The molecule has 0 aliphatic heterocycles. The molecule has 2 heterocycles. The average Bonchev–Trinajstić information content (AvgIpc) is 3.07. The number of nitrogens with zero attached hydrogens (tertiary/aromatic N) is 2. The second kappa shape index (κ2) is 4.94. The molecule has 3 aromatic rings. The highest BCUT2D eigenvalue weighted by Crippen LogP contribution is 2.31. The number of aromatic carboxylic acids is 1. The summed E-state index contributed by atoms with van der Waals surface area (Å²) in [5, 5.41) is 15.5. The number of para-hydroxylation sites is 1. The molecule has 0 unspecified atom stereocenters. The van der Waals surface area contributed by atoms with Crippen LogP contribution < -0.4 is 0 Å². The van der Waals surface area contributed by atoms with E-state index >= 15 is 0 Å². The quantitative estimate of drug-likeness (QED) is 0.799. The fourth-order valence-corrected chi connectivity index (χ4v) is 2.91. The van der Waals surface area contributed by atoms with Crippen LogP contribution in [0.4, 0.5) is 0 Å². The van der Waals surface area contributed by atoms with E-state index in [0.29, 0.717) is 5.69 Å². The molecule has 0 aliphatic rings. The first-order valence-corrected chi connectivity index (χ1v) is 6.97. The van der Waals surface area contributed by atoms with Crippen LogP contribution in [0.1, 0.15) is 15.9 Å². The number of benzene rings is 1. The Bertz CT molecular complexity index is 760. The molecule has 1 N–H and O–H groups in total. The zero-order valence-electron chi connectivity index (χ0n) is 10.8. The van der Waals surface area contributed by atoms with E-state index in [0.717, 1.165) is 16.1 Å². The molecule has 5 heteroatoms. The molecule has 0 atom stereocenters. The molecule has 0 saturated carbocycles. The number of aryl methyl sites for hydroxylation is 1. The predicted molar refractivity (Wildman–Crippen MR) is 78.6 cm³/mol. The van der Waals surface area contributed by atoms with Crippen LogP contribution in [-0.2, 0) is 0 Å². The largest absolute Gasteiger partial charge is 0.478 e. The maximum Gasteiger partial charge on any atom is 0.339 e. The van der Waals surface area contributed by atoms with Crippen molar-refractivity contribution in [1.82, 2.24) is 9.78 Å². The molecule has 0 saturated heterocycles. The first-order valence-electron chi connectivity index (χ1n) is 6.09. The third kappa shape index (κ3) is 2.02. The lowest BCUT2D eigenvalue weighted by atomic mass is 10.1. The summed E-state index contributed by atoms with van der Waals surface area (Å²) in [6.07, 6.45) is 1.41. The van der Waals surface area contributed by atoms with E-state index in [1.807, 2.05) is 48.7 Å². The van der Waals surface area contributed by atoms with Gasteiger partial charge in [0.05, 0.1) is 22.5 Å². The van der Waals surface area contributed by atoms with Crippen LogP contribution in [0.3, 0.4) is 0 Å². The van der Waals surface area contributed by atoms with Crippen molar-refractivity contribution in [1.29, 1.82) is 0 Å². The number of hydrogen-bond donors (Lipinski definition) is 1. The molecule has 2 aromatic heterocycles. The number of hydrogen-bond acceptors (Lipinski definition) is 3. The van der Waals surface area contributed by atoms with Gasteiger partial charge in [-0.25, -0.2) is 9.48 Å². The van der Waals surface area contributed by atoms with Gasteiger partial charge in [0.1, 0.15) is 5.56 Å². The summed E-state index contributed by atoms with van der Waals surface area (Å²) in [5.41, 5.74) is 2.78. The SMILES string of the molecule is Cc1ccccc1-n1ncc(C(=O)O)c1-c1cccs1. The molecule has 0 radical (unpaired) electrons. The summed E-state index contributed by atoms with van der Waals surface area (Å²) >= 11 is 1.50. The minimum absolute atomic E-state index is 0.218. The first-order chi connectivity index (χ1) is 9.68. The van der Waals surface area contributed by atoms with Crippen molar-refractivity contribution in [2.24, 2.45) is 0 Å². The molecule has 0 fully saturated rings. The second-order valence-electron chi connectivity index (χ2n) is 4.39. The topological polar surface area (TPSA) is 55.1 Å². The van der Waals surface area contributed by atoms with Crippen molar-refractivity contribution in [3.63, 3.8) is 0 Å². The van der Waals surface area contributed by atoms with Crippen molar-refractivity contribution in [2.45, 2.75) is 6.92 Å². The van der Waals surface area contributed by atoms with Gasteiger partial charge in [-0.1, -0.05) is 24.3 Å². The van der Waals surface area contributed by atoms with Crippen LogP contribution in [0, 0.1) is 6.92 Å². The second-order valence-corrected chi connectivity index (χ2v) is 5.34. The van der Waals surface area contributed by atoms with E-state index in [1.165, 1.54) is 17.5 Å². The zero-order valence-corrected chi connectivity index (χ0v) is 11.6. The van der Waals surface area contributed by atoms with Gasteiger partial charge >= 0.3 is 5.97 Å². The van der Waals surface area contributed by atoms with E-state index in [9.17, 15) is 9.90 Å². The standard InChI is InChI=1S/C15H12N2O2S/c1-10-5-2-3-6-12(10)17-14(13-7-4-8-20-13)11(9-16-17)15(18)19/h2-9H,1H3,(H,18,19). The third-order valence-electron chi connectivity index (χ3n) is 3.10. The van der Waals surface area contributed by atoms with Gasteiger partial charge in [-0.05, 0) is 30.0 Å². The molecule has 100 valence electrons. The molecule has 4 nitrogen and oxygen atoms in total. The maximum atomic E-state index is 11.4. The van der Waals surface area contributed by atoms with Crippen molar-refractivity contribution in [3.05, 3.63) is 59.1 Å². The molecular formula is C15H12N2O2S. The van der Waals surface area contributed by atoms with Gasteiger partial charge in [0, 0.05) is 0 Å². The van der Waals surface area contributed by atoms with Gasteiger partial charge in [0.15, 0.2) is 0 Å². The Balaban J connectivity index is 2.28. The van der Waals surface area contributed by atoms with E-state index in [1.54, 1.807) is 4.68 Å². The Labute approximate surface area is 119 Å². The fourth-order valence-electron chi connectivity index (χ4n) is 2.14. The summed E-state index contributed by atoms with van der Waals surface area (Å²) in [5.74, 6) is -0.965. The highest BCUT2D eigenvalue weighted by Gasteiger charge is 2.20. The Morgan fingerprint density at radius 2 is 2.05 bits per heavy atom. The van der Waals surface area contributed by atoms with E-state index < -0.39 is 5.97 Å². The fraction of sp³-hybridized carbons (Fsp3) is 0.0667. The number of carbonyl (C=O) groups is 1. The van der Waals surface area contributed by atoms with Crippen LogP contribution in [0.2, 0.25) is 0 Å². The van der Waals surface area contributed by atoms with Crippen molar-refractivity contribution >= 4 is 17.3 Å². The Morgan fingerprint density at radius 1 is 1.25 bits per heavy atom. The summed E-state index contributed by atoms with van der Waals surface area (Å²) < 4.78 is 1.70. The Morgan fingerprint density at radius 3 is 2.70 bits per heavy atom. The molecule has 0 aliphatic carbocycles. The maximum absolute atomic E-state index is 11.4. The van der Waals surface area contributed by atoms with Crippen molar-refractivity contribution < 1.29 is 9.90 Å². The number of thiophene rings is 1. The van der Waals surface area contributed by atoms with Gasteiger partial charge in [0.25, 0.3) is 0 Å². The van der Waals surface area contributed by atoms with Crippen LogP contribution in [0.15, 0.2) is 48.0 Å². The highest BCUT2D eigenvalue weighted by atomic mass is 32.1. The molecular weight excluding hydrogens is 272 g/mol. The van der Waals surface area contributed by atoms with Gasteiger partial charge in [-0.3, -0.25) is 0 Å². The molecule has 1 aromatic carbocycles. The summed E-state index contributed by atoms with van der Waals surface area (Å²) in [4.78, 5) is 12.3. The van der Waals surface area contributed by atoms with Gasteiger partial charge in [-0.15, -0.1) is 11.3 Å². The number of carboxylic acid groups (broad SMARTS) is 1. The third-order valence-corrected chi connectivity index (χ3v) is 3.97. The molecule has 3 rings (SSSR count). The number of aromatic nitrogens is 2. The number of carboxylic acids is 1. The summed E-state index contributed by atoms with van der Waals surface area (Å²) in [6, 6.07) is 11.6. The van der Waals surface area contributed by atoms with Crippen LogP contribution in [-0.4, -0.2) is 20.9 Å². The lowest BCUT2D eigenvalue weighted by Crippen LogP contribution is -2.03. The van der Waals surface area contributed by atoms with E-state index in [-0.39, 0.29) is 5.56 Å². The first kappa shape index (κ1) is 12.6. The predicted octanol–water partition coefficient (Wildman–Crippen LogP) is 3.61. The monoisotopic (exact) mass is 284 g/mol. The minimum Gasteiger partial charge on any atom is -0.478 e. The van der Waals surface area contributed by atoms with Crippen molar-refractivity contribution in [3.8, 4) is 16.3 Å². The number of rotatable bonds is 3. The van der Waals surface area contributed by atoms with Gasteiger partial charge in [-0.2, -0.15) is 5.10 Å². The van der Waals surface area contributed by atoms with Gasteiger partial charge < -0.3 is 5.11 Å². The normalized spacial score (nSPS) is 10.7. The molecule has 0 spiro atoms. The van der Waals surface area contributed by atoms with E-state index in [2.05, 4.69) is 5.10 Å². The average molecular weight is 284 g/mol. The highest BCUT2D eigenvalue weighted by molar-refractivity contribution is 7.13. The molecule has 20 heavy (non-hydrogen) atoms. The summed E-state index contributed by atoms with van der Waals surface area (Å²) in [6.45, 7) is 1.98. The van der Waals surface area contributed by atoms with Crippen LogP contribution in [0.5, 0.6) is 0 Å². The van der Waals surface area contributed by atoms with Gasteiger partial charge in [0.2, 0.25) is 0 Å². The minimum atomic E-state index is -0.965. The Hall–Kier alpha value is -2.40. The zero-order chi connectivity index (χ0) is 14.1. The van der Waals surface area contributed by atoms with Crippen LogP contribution >= 0.6 is 11.3 Å².